The molecule has 0 aromatic rings. The van der Waals surface area contributed by atoms with E-state index in [0.29, 0.717) is 5.57 Å². The molecule has 1 saturated carbocycles. The average Bonchev–Trinajstić information content (AvgIpc) is 2.45. The second-order valence-corrected chi connectivity index (χ2v) is 7.65. The first kappa shape index (κ1) is 18.7. The first-order valence-electron chi connectivity index (χ1n) is 8.47. The number of carboxylic acids is 1. The molecule has 2 rings (SSSR count). The molecule has 0 aromatic carbocycles. The molecule has 4 heteroatoms. The van der Waals surface area contributed by atoms with Crippen molar-refractivity contribution in [2.45, 2.75) is 65.6 Å². The van der Waals surface area contributed by atoms with E-state index in [4.69, 9.17) is 14.9 Å². The van der Waals surface area contributed by atoms with Gasteiger partial charge in [-0.2, -0.15) is 0 Å². The lowest BCUT2D eigenvalue weighted by Crippen LogP contribution is -2.46. The maximum absolute atomic E-state index is 10.6. The zero-order chi connectivity index (χ0) is 18.0. The highest BCUT2D eigenvalue weighted by atomic mass is 17.2. The predicted molar refractivity (Wildman–Crippen MR) is 94.4 cm³/mol. The quantitative estimate of drug-likeness (QED) is 0.349. The predicted octanol–water partition coefficient (Wildman–Crippen LogP) is 4.75. The van der Waals surface area contributed by atoms with Crippen LogP contribution in [0.25, 0.3) is 0 Å². The summed E-state index contributed by atoms with van der Waals surface area (Å²) in [5.74, 6) is -0.939. The minimum Gasteiger partial charge on any atom is -0.478 e. The molecule has 2 unspecified atom stereocenters. The molecule has 4 nitrogen and oxygen atoms in total. The smallest absolute Gasteiger partial charge is 0.328 e. The van der Waals surface area contributed by atoms with Gasteiger partial charge in [0.05, 0.1) is 0 Å². The van der Waals surface area contributed by atoms with Crippen molar-refractivity contribution in [1.29, 1.82) is 0 Å². The van der Waals surface area contributed by atoms with Crippen molar-refractivity contribution >= 4 is 5.97 Å². The van der Waals surface area contributed by atoms with E-state index in [1.54, 1.807) is 13.0 Å². The third-order valence-electron chi connectivity index (χ3n) is 4.93. The molecule has 0 amide bonds. The zero-order valence-corrected chi connectivity index (χ0v) is 15.3. The van der Waals surface area contributed by atoms with E-state index in [1.165, 1.54) is 11.6 Å². The topological polar surface area (TPSA) is 55.8 Å². The molecule has 132 valence electrons. The molecule has 2 atom stereocenters. The molecule has 1 heterocycles. The van der Waals surface area contributed by atoms with E-state index >= 15 is 0 Å². The molecule has 0 saturated heterocycles. The van der Waals surface area contributed by atoms with Crippen molar-refractivity contribution in [3.63, 3.8) is 0 Å². The SMILES string of the molecule is CC(/C=C/C=C(\C)C1C=C2C(C)(C)CCCC2(C)OO1)=C\C(=O)O. The molecule has 1 fully saturated rings. The number of carboxylic acid groups (broad SMARTS) is 1. The lowest BCUT2D eigenvalue weighted by Gasteiger charge is -2.47. The van der Waals surface area contributed by atoms with Crippen LogP contribution in [0.5, 0.6) is 0 Å². The molecule has 0 aromatic heterocycles. The number of carbonyl (C=O) groups is 1. The van der Waals surface area contributed by atoms with Crippen molar-refractivity contribution in [2.75, 3.05) is 0 Å². The Hall–Kier alpha value is -1.65. The molecule has 0 bridgehead atoms. The van der Waals surface area contributed by atoms with E-state index in [0.717, 1.165) is 24.8 Å². The second kappa shape index (κ2) is 7.08. The highest BCUT2D eigenvalue weighted by Gasteiger charge is 2.46. The second-order valence-electron chi connectivity index (χ2n) is 7.65. The third kappa shape index (κ3) is 4.25. The fraction of sp³-hybridized carbons (Fsp3) is 0.550. The van der Waals surface area contributed by atoms with Crippen LogP contribution in [0.2, 0.25) is 0 Å². The minimum absolute atomic E-state index is 0.117. The summed E-state index contributed by atoms with van der Waals surface area (Å²) in [4.78, 5) is 22.0. The molecular weight excluding hydrogens is 304 g/mol. The molecule has 1 aliphatic heterocycles. The Labute approximate surface area is 144 Å². The van der Waals surface area contributed by atoms with E-state index in [1.807, 2.05) is 19.1 Å². The lowest BCUT2D eigenvalue weighted by molar-refractivity contribution is -0.372. The summed E-state index contributed by atoms with van der Waals surface area (Å²) in [6.45, 7) is 10.4. The molecule has 0 radical (unpaired) electrons. The van der Waals surface area contributed by atoms with Crippen LogP contribution in [-0.2, 0) is 14.6 Å². The van der Waals surface area contributed by atoms with Crippen LogP contribution in [0, 0.1) is 5.41 Å². The largest absolute Gasteiger partial charge is 0.478 e. The number of hydrogen-bond acceptors (Lipinski definition) is 3. The van der Waals surface area contributed by atoms with Crippen molar-refractivity contribution in [3.05, 3.63) is 47.1 Å². The highest BCUT2D eigenvalue weighted by molar-refractivity contribution is 5.81. The van der Waals surface area contributed by atoms with Gasteiger partial charge < -0.3 is 5.11 Å². The fourth-order valence-electron chi connectivity index (χ4n) is 3.58. The van der Waals surface area contributed by atoms with Gasteiger partial charge in [-0.15, -0.1) is 0 Å². The number of rotatable bonds is 4. The Balaban J connectivity index is 2.18. The summed E-state index contributed by atoms with van der Waals surface area (Å²) in [7, 11) is 0. The van der Waals surface area contributed by atoms with E-state index in [9.17, 15) is 4.79 Å². The Morgan fingerprint density at radius 2 is 2.00 bits per heavy atom. The molecular formula is C20H28O4. The van der Waals surface area contributed by atoms with Crippen LogP contribution in [0.1, 0.15) is 53.9 Å². The maximum atomic E-state index is 10.6. The van der Waals surface area contributed by atoms with Gasteiger partial charge in [0.1, 0.15) is 11.7 Å². The van der Waals surface area contributed by atoms with Gasteiger partial charge in [0.15, 0.2) is 0 Å². The van der Waals surface area contributed by atoms with Crippen LogP contribution in [0.15, 0.2) is 47.1 Å². The number of aliphatic carboxylic acids is 1. The Morgan fingerprint density at radius 3 is 2.67 bits per heavy atom. The van der Waals surface area contributed by atoms with Gasteiger partial charge in [-0.05, 0) is 68.2 Å². The summed E-state index contributed by atoms with van der Waals surface area (Å²) in [6.07, 6.45) is 12.0. The maximum Gasteiger partial charge on any atom is 0.328 e. The summed E-state index contributed by atoms with van der Waals surface area (Å²) < 4.78 is 0. The molecule has 24 heavy (non-hydrogen) atoms. The number of fused-ring (bicyclic) bond motifs is 1. The summed E-state index contributed by atoms with van der Waals surface area (Å²) in [6, 6.07) is 0. The van der Waals surface area contributed by atoms with Gasteiger partial charge in [-0.25, -0.2) is 14.6 Å². The van der Waals surface area contributed by atoms with Gasteiger partial charge in [0.25, 0.3) is 0 Å². The zero-order valence-electron chi connectivity index (χ0n) is 15.3. The van der Waals surface area contributed by atoms with Crippen LogP contribution in [0.4, 0.5) is 0 Å². The average molecular weight is 332 g/mol. The summed E-state index contributed by atoms with van der Waals surface area (Å²) in [5, 5.41) is 8.71. The van der Waals surface area contributed by atoms with Gasteiger partial charge in [-0.3, -0.25) is 0 Å². The molecule has 1 aliphatic carbocycles. The first-order valence-corrected chi connectivity index (χ1v) is 8.47. The fourth-order valence-corrected chi connectivity index (χ4v) is 3.58. The van der Waals surface area contributed by atoms with E-state index < -0.39 is 5.97 Å². The van der Waals surface area contributed by atoms with Crippen molar-refractivity contribution in [1.82, 2.24) is 0 Å². The van der Waals surface area contributed by atoms with Gasteiger partial charge in [0, 0.05) is 6.08 Å². The summed E-state index contributed by atoms with van der Waals surface area (Å²) in [5.41, 5.74) is 2.81. The third-order valence-corrected chi connectivity index (χ3v) is 4.93. The molecule has 1 N–H and O–H groups in total. The van der Waals surface area contributed by atoms with Crippen LogP contribution < -0.4 is 0 Å². The first-order chi connectivity index (χ1) is 11.1. The van der Waals surface area contributed by atoms with Crippen molar-refractivity contribution < 1.29 is 19.7 Å². The van der Waals surface area contributed by atoms with Crippen LogP contribution in [-0.4, -0.2) is 22.8 Å². The van der Waals surface area contributed by atoms with E-state index in [-0.39, 0.29) is 17.1 Å². The van der Waals surface area contributed by atoms with E-state index in [2.05, 4.69) is 26.8 Å². The van der Waals surface area contributed by atoms with Crippen molar-refractivity contribution in [2.24, 2.45) is 5.41 Å². The number of allylic oxidation sites excluding steroid dienone is 4. The van der Waals surface area contributed by atoms with Crippen molar-refractivity contribution in [3.8, 4) is 0 Å². The summed E-state index contributed by atoms with van der Waals surface area (Å²) >= 11 is 0. The monoisotopic (exact) mass is 332 g/mol. The van der Waals surface area contributed by atoms with Crippen LogP contribution >= 0.6 is 0 Å². The van der Waals surface area contributed by atoms with Gasteiger partial charge in [-0.1, -0.05) is 32.1 Å². The van der Waals surface area contributed by atoms with Gasteiger partial charge in [0.2, 0.25) is 0 Å². The Morgan fingerprint density at radius 1 is 1.29 bits per heavy atom. The van der Waals surface area contributed by atoms with Crippen LogP contribution in [0.3, 0.4) is 0 Å². The number of hydrogen-bond donors (Lipinski definition) is 1. The molecule has 0 spiro atoms. The minimum atomic E-state index is -0.939. The standard InChI is InChI=1S/C20H28O4/c1-14(12-18(21)22)8-6-9-15(2)16-13-17-19(3,4)10-7-11-20(17,5)24-23-16/h6,8-9,12-13,16H,7,10-11H2,1-5H3,(H,21,22)/b8-6+,14-12+,15-9+. The molecule has 2 aliphatic rings. The Bertz CT molecular complexity index is 622. The van der Waals surface area contributed by atoms with Gasteiger partial charge >= 0.3 is 5.97 Å². The highest BCUT2D eigenvalue weighted by Crippen LogP contribution is 2.49. The Kier molecular flexibility index (Phi) is 5.51. The lowest BCUT2D eigenvalue weighted by atomic mass is 9.65. The normalized spacial score (nSPS) is 30.9.